The quantitative estimate of drug-likeness (QED) is 0.333. The molecule has 2 fully saturated rings. The summed E-state index contributed by atoms with van der Waals surface area (Å²) < 4.78 is 15.3. The maximum Gasteiger partial charge on any atom is 0.337 e. The van der Waals surface area contributed by atoms with Crippen molar-refractivity contribution in [1.82, 2.24) is 4.90 Å². The van der Waals surface area contributed by atoms with Gasteiger partial charge < -0.3 is 19.1 Å². The summed E-state index contributed by atoms with van der Waals surface area (Å²) in [7, 11) is 4.19. The molecule has 3 rings (SSSR count). The van der Waals surface area contributed by atoms with E-state index in [1.165, 1.54) is 50.5 Å². The lowest BCUT2D eigenvalue weighted by Crippen LogP contribution is -2.50. The van der Waals surface area contributed by atoms with Crippen LogP contribution < -0.4 is 4.90 Å². The van der Waals surface area contributed by atoms with Gasteiger partial charge in [-0.3, -0.25) is 14.4 Å². The molecule has 0 radical (unpaired) electrons. The summed E-state index contributed by atoms with van der Waals surface area (Å²) in [5, 5.41) is 0. The molecule has 1 heterocycles. The first-order valence-corrected chi connectivity index (χ1v) is 10.8. The number of amides is 3. The number of carbonyl (C=O) groups is 4. The molecule has 0 spiro atoms. The summed E-state index contributed by atoms with van der Waals surface area (Å²) in [6.45, 7) is 8.11. The van der Waals surface area contributed by atoms with Crippen LogP contribution in [0.1, 0.15) is 44.5 Å². The van der Waals surface area contributed by atoms with Gasteiger partial charge in [0.2, 0.25) is 11.8 Å². The molecule has 1 saturated carbocycles. The van der Waals surface area contributed by atoms with Crippen LogP contribution in [0.25, 0.3) is 0 Å². The number of methoxy groups -OCH3 is 3. The molecule has 1 atom stereocenters. The number of rotatable bonds is 8. The molecule has 1 aliphatic heterocycles. The molecule has 33 heavy (non-hydrogen) atoms. The SMILES string of the molecule is COC(=O)c1ccc(N2C(=O)CC(N(CC(OC)OC)C(=O)C3C(C)(C)C3(C)C)C2=O)cc1. The van der Waals surface area contributed by atoms with Crippen LogP contribution in [0.4, 0.5) is 5.69 Å². The van der Waals surface area contributed by atoms with Gasteiger partial charge in [-0.05, 0) is 35.1 Å². The van der Waals surface area contributed by atoms with Crippen LogP contribution in [0, 0.1) is 16.7 Å². The second kappa shape index (κ2) is 8.87. The molecule has 1 aromatic carbocycles. The Balaban J connectivity index is 1.90. The van der Waals surface area contributed by atoms with Crippen LogP contribution in [0.15, 0.2) is 24.3 Å². The van der Waals surface area contributed by atoms with Crippen molar-refractivity contribution in [1.29, 1.82) is 0 Å². The molecule has 0 bridgehead atoms. The highest BCUT2D eigenvalue weighted by Gasteiger charge is 2.69. The Bertz CT molecular complexity index is 936. The van der Waals surface area contributed by atoms with Crippen LogP contribution in [-0.2, 0) is 28.6 Å². The molecule has 0 aromatic heterocycles. The van der Waals surface area contributed by atoms with Gasteiger partial charge in [0.15, 0.2) is 6.29 Å². The van der Waals surface area contributed by atoms with Crippen molar-refractivity contribution >= 4 is 29.4 Å². The minimum Gasteiger partial charge on any atom is -0.465 e. The predicted octanol–water partition coefficient (Wildman–Crippen LogP) is 2.23. The second-order valence-corrected chi connectivity index (χ2v) is 9.59. The van der Waals surface area contributed by atoms with Gasteiger partial charge in [0.25, 0.3) is 5.91 Å². The lowest BCUT2D eigenvalue weighted by atomic mass is 10.0. The first kappa shape index (κ1) is 24.9. The van der Waals surface area contributed by atoms with Gasteiger partial charge in [-0.15, -0.1) is 0 Å². The summed E-state index contributed by atoms with van der Waals surface area (Å²) >= 11 is 0. The smallest absolute Gasteiger partial charge is 0.337 e. The summed E-state index contributed by atoms with van der Waals surface area (Å²) in [6.07, 6.45) is -0.882. The number of benzene rings is 1. The van der Waals surface area contributed by atoms with Gasteiger partial charge in [0, 0.05) is 20.1 Å². The lowest BCUT2D eigenvalue weighted by molar-refractivity contribution is -0.154. The fraction of sp³-hybridized carbons (Fsp3) is 0.583. The number of hydrogen-bond donors (Lipinski definition) is 0. The minimum absolute atomic E-state index is 0.0211. The van der Waals surface area contributed by atoms with E-state index in [2.05, 4.69) is 4.74 Å². The topological polar surface area (TPSA) is 102 Å². The number of imide groups is 1. The van der Waals surface area contributed by atoms with Crippen molar-refractivity contribution in [2.24, 2.45) is 16.7 Å². The maximum absolute atomic E-state index is 13.6. The lowest BCUT2D eigenvalue weighted by Gasteiger charge is -2.31. The van der Waals surface area contributed by atoms with E-state index in [0.717, 1.165) is 4.90 Å². The van der Waals surface area contributed by atoms with Crippen molar-refractivity contribution in [2.75, 3.05) is 32.8 Å². The van der Waals surface area contributed by atoms with E-state index in [4.69, 9.17) is 9.47 Å². The van der Waals surface area contributed by atoms with Gasteiger partial charge >= 0.3 is 5.97 Å². The average Bonchev–Trinajstić information content (AvgIpc) is 3.01. The molecule has 1 aromatic rings. The third-order valence-corrected chi connectivity index (χ3v) is 7.47. The van der Waals surface area contributed by atoms with E-state index in [0.29, 0.717) is 11.3 Å². The van der Waals surface area contributed by atoms with E-state index in [9.17, 15) is 19.2 Å². The van der Waals surface area contributed by atoms with Crippen LogP contribution >= 0.6 is 0 Å². The maximum atomic E-state index is 13.6. The Morgan fingerprint density at radius 1 is 1.03 bits per heavy atom. The highest BCUT2D eigenvalue weighted by atomic mass is 16.7. The summed E-state index contributed by atoms with van der Waals surface area (Å²) in [4.78, 5) is 54.1. The fourth-order valence-corrected chi connectivity index (χ4v) is 4.75. The third-order valence-electron chi connectivity index (χ3n) is 7.47. The Labute approximate surface area is 193 Å². The summed E-state index contributed by atoms with van der Waals surface area (Å²) in [6, 6.07) is 5.02. The van der Waals surface area contributed by atoms with E-state index in [-0.39, 0.29) is 35.6 Å². The molecule has 180 valence electrons. The van der Waals surface area contributed by atoms with Crippen molar-refractivity contribution in [2.45, 2.75) is 46.4 Å². The number of carbonyl (C=O) groups excluding carboxylic acids is 4. The van der Waals surface area contributed by atoms with Gasteiger partial charge in [0.1, 0.15) is 6.04 Å². The molecule has 1 aliphatic carbocycles. The fourth-order valence-electron chi connectivity index (χ4n) is 4.75. The van der Waals surface area contributed by atoms with Gasteiger partial charge in [-0.1, -0.05) is 27.7 Å². The average molecular weight is 461 g/mol. The molecule has 0 N–H and O–H groups in total. The molecular weight excluding hydrogens is 428 g/mol. The zero-order chi connectivity index (χ0) is 24.7. The van der Waals surface area contributed by atoms with Crippen LogP contribution in [0.5, 0.6) is 0 Å². The predicted molar refractivity (Wildman–Crippen MR) is 119 cm³/mol. The first-order chi connectivity index (χ1) is 15.4. The highest BCUT2D eigenvalue weighted by molar-refractivity contribution is 6.23. The van der Waals surface area contributed by atoms with E-state index >= 15 is 0 Å². The van der Waals surface area contributed by atoms with Crippen molar-refractivity contribution in [3.05, 3.63) is 29.8 Å². The Hall–Kier alpha value is -2.78. The minimum atomic E-state index is -0.967. The number of hydrogen-bond acceptors (Lipinski definition) is 7. The largest absolute Gasteiger partial charge is 0.465 e. The summed E-state index contributed by atoms with van der Waals surface area (Å²) in [5.41, 5.74) is 0.143. The van der Waals surface area contributed by atoms with Crippen LogP contribution in [0.2, 0.25) is 0 Å². The third kappa shape index (κ3) is 4.15. The normalized spacial score (nSPS) is 21.5. The molecule has 1 unspecified atom stereocenters. The monoisotopic (exact) mass is 460 g/mol. The van der Waals surface area contributed by atoms with Crippen LogP contribution in [-0.4, -0.2) is 68.8 Å². The highest BCUT2D eigenvalue weighted by Crippen LogP contribution is 2.69. The van der Waals surface area contributed by atoms with Crippen LogP contribution in [0.3, 0.4) is 0 Å². The molecule has 3 amide bonds. The molecular formula is C24H32N2O7. The van der Waals surface area contributed by atoms with Gasteiger partial charge in [-0.25, -0.2) is 9.69 Å². The van der Waals surface area contributed by atoms with Crippen molar-refractivity contribution < 1.29 is 33.4 Å². The standard InChI is InChI=1S/C24H32N2O7/c1-23(2)19(24(23,3)4)21(29)25(13-18(31-5)32-6)16-12-17(27)26(20(16)28)15-10-8-14(9-11-15)22(30)33-7/h8-11,16,18-19H,12-13H2,1-7H3. The van der Waals surface area contributed by atoms with Crippen molar-refractivity contribution in [3.8, 4) is 0 Å². The number of anilines is 1. The van der Waals surface area contributed by atoms with Gasteiger partial charge in [-0.2, -0.15) is 0 Å². The molecule has 2 aliphatic rings. The Kier molecular flexibility index (Phi) is 6.68. The molecule has 9 heteroatoms. The zero-order valence-electron chi connectivity index (χ0n) is 20.2. The number of nitrogens with zero attached hydrogens (tertiary/aromatic N) is 2. The first-order valence-electron chi connectivity index (χ1n) is 10.8. The van der Waals surface area contributed by atoms with E-state index in [1.807, 2.05) is 27.7 Å². The Morgan fingerprint density at radius 2 is 1.58 bits per heavy atom. The molecule has 1 saturated heterocycles. The van der Waals surface area contributed by atoms with E-state index in [1.54, 1.807) is 0 Å². The van der Waals surface area contributed by atoms with Gasteiger partial charge in [0.05, 0.1) is 31.3 Å². The van der Waals surface area contributed by atoms with E-state index < -0.39 is 30.1 Å². The second-order valence-electron chi connectivity index (χ2n) is 9.59. The zero-order valence-corrected chi connectivity index (χ0v) is 20.2. The molecule has 9 nitrogen and oxygen atoms in total. The number of ether oxygens (including phenoxy) is 3. The number of esters is 1. The Morgan fingerprint density at radius 3 is 2.03 bits per heavy atom. The van der Waals surface area contributed by atoms with Crippen molar-refractivity contribution in [3.63, 3.8) is 0 Å². The summed E-state index contributed by atoms with van der Waals surface area (Å²) in [5.74, 6) is -1.93.